The van der Waals surface area contributed by atoms with Gasteiger partial charge < -0.3 is 15.4 Å². The molecule has 0 saturated carbocycles. The molecule has 1 aromatic rings. The van der Waals surface area contributed by atoms with Crippen LogP contribution in [0.5, 0.6) is 0 Å². The summed E-state index contributed by atoms with van der Waals surface area (Å²) in [6.07, 6.45) is -0.0153. The lowest BCUT2D eigenvalue weighted by atomic mass is 9.88. The second-order valence-electron chi connectivity index (χ2n) is 6.42. The molecular formula is C18H27ClN2O3. The van der Waals surface area contributed by atoms with E-state index >= 15 is 0 Å². The van der Waals surface area contributed by atoms with E-state index < -0.39 is 0 Å². The van der Waals surface area contributed by atoms with Gasteiger partial charge in [0.15, 0.2) is 0 Å². The fourth-order valence-corrected chi connectivity index (χ4v) is 2.60. The number of hydrogen-bond acceptors (Lipinski definition) is 4. The minimum absolute atomic E-state index is 0. The molecule has 1 aliphatic heterocycles. The molecule has 1 saturated heterocycles. The zero-order chi connectivity index (χ0) is 16.8. The first-order valence-electron chi connectivity index (χ1n) is 8.23. The van der Waals surface area contributed by atoms with Crippen molar-refractivity contribution in [2.75, 3.05) is 13.1 Å². The van der Waals surface area contributed by atoms with E-state index in [0.29, 0.717) is 5.92 Å². The number of halogens is 1. The Morgan fingerprint density at radius 2 is 1.83 bits per heavy atom. The molecule has 1 fully saturated rings. The average molecular weight is 355 g/mol. The summed E-state index contributed by atoms with van der Waals surface area (Å²) in [6, 6.07) is 9.21. The summed E-state index contributed by atoms with van der Waals surface area (Å²) >= 11 is 0. The van der Waals surface area contributed by atoms with E-state index in [0.717, 1.165) is 18.7 Å². The number of carbonyl (C=O) groups is 2. The van der Waals surface area contributed by atoms with Crippen molar-refractivity contribution in [2.24, 2.45) is 11.8 Å². The summed E-state index contributed by atoms with van der Waals surface area (Å²) in [7, 11) is 0. The van der Waals surface area contributed by atoms with Crippen LogP contribution in [0.25, 0.3) is 0 Å². The van der Waals surface area contributed by atoms with E-state index in [1.165, 1.54) is 0 Å². The smallest absolute Gasteiger partial charge is 0.308 e. The lowest BCUT2D eigenvalue weighted by Gasteiger charge is -2.32. The van der Waals surface area contributed by atoms with E-state index in [1.807, 2.05) is 51.1 Å². The highest BCUT2D eigenvalue weighted by atomic mass is 35.5. The van der Waals surface area contributed by atoms with Crippen molar-refractivity contribution < 1.29 is 14.3 Å². The molecule has 24 heavy (non-hydrogen) atoms. The Hall–Kier alpha value is -1.59. The highest BCUT2D eigenvalue weighted by Gasteiger charge is 2.30. The van der Waals surface area contributed by atoms with Crippen molar-refractivity contribution in [1.82, 2.24) is 10.6 Å². The fourth-order valence-electron chi connectivity index (χ4n) is 2.60. The Kier molecular flexibility index (Phi) is 8.22. The van der Waals surface area contributed by atoms with Crippen LogP contribution in [0.2, 0.25) is 0 Å². The van der Waals surface area contributed by atoms with E-state index in [4.69, 9.17) is 4.74 Å². The van der Waals surface area contributed by atoms with Crippen molar-refractivity contribution in [1.29, 1.82) is 0 Å². The first kappa shape index (κ1) is 20.5. The van der Waals surface area contributed by atoms with Gasteiger partial charge >= 0.3 is 5.97 Å². The van der Waals surface area contributed by atoms with Crippen LogP contribution in [0.15, 0.2) is 30.3 Å². The van der Waals surface area contributed by atoms with Crippen molar-refractivity contribution in [2.45, 2.75) is 39.3 Å². The summed E-state index contributed by atoms with van der Waals surface area (Å²) in [5.74, 6) is -0.00700. The van der Waals surface area contributed by atoms with E-state index in [2.05, 4.69) is 10.6 Å². The fraction of sp³-hybridized carbons (Fsp3) is 0.556. The second-order valence-corrected chi connectivity index (χ2v) is 6.42. The monoisotopic (exact) mass is 354 g/mol. The van der Waals surface area contributed by atoms with E-state index in [9.17, 15) is 9.59 Å². The van der Waals surface area contributed by atoms with Gasteiger partial charge in [-0.3, -0.25) is 9.59 Å². The predicted octanol–water partition coefficient (Wildman–Crippen LogP) is 2.46. The molecule has 1 heterocycles. The first-order valence-corrected chi connectivity index (χ1v) is 8.23. The summed E-state index contributed by atoms with van der Waals surface area (Å²) < 4.78 is 5.22. The minimum Gasteiger partial charge on any atom is -0.463 e. The summed E-state index contributed by atoms with van der Waals surface area (Å²) in [4.78, 5) is 24.5. The third-order valence-electron chi connectivity index (χ3n) is 4.19. The van der Waals surface area contributed by atoms with Gasteiger partial charge in [-0.15, -0.1) is 12.4 Å². The van der Waals surface area contributed by atoms with Crippen LogP contribution in [0, 0.1) is 11.8 Å². The molecular weight excluding hydrogens is 328 g/mol. The Labute approximate surface area is 149 Å². The molecule has 0 aromatic heterocycles. The van der Waals surface area contributed by atoms with E-state index in [-0.39, 0.29) is 48.8 Å². The number of carbonyl (C=O) groups excluding carboxylic acids is 2. The predicted molar refractivity (Wildman–Crippen MR) is 95.9 cm³/mol. The minimum atomic E-state index is -0.356. The first-order chi connectivity index (χ1) is 11.0. The number of ether oxygens (including phenoxy) is 1. The molecule has 1 amide bonds. The lowest BCUT2D eigenvalue weighted by Crippen LogP contribution is -2.50. The zero-order valence-electron chi connectivity index (χ0n) is 14.5. The van der Waals surface area contributed by atoms with Gasteiger partial charge in [0.05, 0.1) is 18.6 Å². The third-order valence-corrected chi connectivity index (χ3v) is 4.19. The Bertz CT molecular complexity index is 532. The number of amides is 1. The maximum absolute atomic E-state index is 12.5. The van der Waals surface area contributed by atoms with Gasteiger partial charge in [0, 0.05) is 5.92 Å². The van der Waals surface area contributed by atoms with Gasteiger partial charge in [-0.2, -0.15) is 0 Å². The standard InChI is InChI=1S/C18H26N2O3.ClH/c1-12(2)23-17(21)9-16(14-7-5-4-6-8-14)20-18(22)13(3)15-10-19-11-15;/h4-8,12-13,15-16,19H,9-11H2,1-3H3,(H,20,22);1H. The normalized spacial score (nSPS) is 16.5. The molecule has 2 N–H and O–H groups in total. The van der Waals surface area contributed by atoms with Crippen LogP contribution in [-0.2, 0) is 14.3 Å². The molecule has 2 unspecified atom stereocenters. The number of hydrogen-bond donors (Lipinski definition) is 2. The van der Waals surface area contributed by atoms with Crippen LogP contribution < -0.4 is 10.6 Å². The number of benzene rings is 1. The maximum atomic E-state index is 12.5. The van der Waals surface area contributed by atoms with Gasteiger partial charge in [0.25, 0.3) is 0 Å². The van der Waals surface area contributed by atoms with Gasteiger partial charge in [-0.25, -0.2) is 0 Å². The molecule has 5 nitrogen and oxygen atoms in total. The summed E-state index contributed by atoms with van der Waals surface area (Å²) in [5, 5.41) is 6.20. The Morgan fingerprint density at radius 1 is 1.21 bits per heavy atom. The SMILES string of the molecule is CC(C)OC(=O)CC(NC(=O)C(C)C1CNC1)c1ccccc1.Cl. The molecule has 2 rings (SSSR count). The summed E-state index contributed by atoms with van der Waals surface area (Å²) in [6.45, 7) is 7.33. The van der Waals surface area contributed by atoms with Crippen LogP contribution in [0.3, 0.4) is 0 Å². The highest BCUT2D eigenvalue weighted by Crippen LogP contribution is 2.21. The van der Waals surface area contributed by atoms with Crippen LogP contribution in [0.1, 0.15) is 38.8 Å². The van der Waals surface area contributed by atoms with Crippen LogP contribution in [-0.4, -0.2) is 31.1 Å². The molecule has 1 aliphatic rings. The van der Waals surface area contributed by atoms with Crippen LogP contribution >= 0.6 is 12.4 Å². The molecule has 0 aliphatic carbocycles. The zero-order valence-corrected chi connectivity index (χ0v) is 15.3. The topological polar surface area (TPSA) is 67.4 Å². The molecule has 0 radical (unpaired) electrons. The van der Waals surface area contributed by atoms with Crippen molar-refractivity contribution in [3.05, 3.63) is 35.9 Å². The van der Waals surface area contributed by atoms with Gasteiger partial charge in [0.2, 0.25) is 5.91 Å². The molecule has 6 heteroatoms. The van der Waals surface area contributed by atoms with Gasteiger partial charge in [-0.1, -0.05) is 37.3 Å². The summed E-state index contributed by atoms with van der Waals surface area (Å²) in [5.41, 5.74) is 0.917. The van der Waals surface area contributed by atoms with Crippen molar-refractivity contribution >= 4 is 24.3 Å². The highest BCUT2D eigenvalue weighted by molar-refractivity contribution is 5.85. The largest absolute Gasteiger partial charge is 0.463 e. The molecule has 1 aromatic carbocycles. The number of rotatable bonds is 7. The van der Waals surface area contributed by atoms with Crippen molar-refractivity contribution in [3.63, 3.8) is 0 Å². The molecule has 0 spiro atoms. The number of nitrogens with one attached hydrogen (secondary N) is 2. The third kappa shape index (κ3) is 5.80. The maximum Gasteiger partial charge on any atom is 0.308 e. The van der Waals surface area contributed by atoms with Crippen LogP contribution in [0.4, 0.5) is 0 Å². The average Bonchev–Trinajstić information content (AvgIpc) is 2.44. The quantitative estimate of drug-likeness (QED) is 0.738. The second kappa shape index (κ2) is 9.64. The molecule has 134 valence electrons. The molecule has 0 bridgehead atoms. The number of esters is 1. The van der Waals surface area contributed by atoms with Gasteiger partial charge in [0.1, 0.15) is 0 Å². The Morgan fingerprint density at radius 3 is 2.33 bits per heavy atom. The lowest BCUT2D eigenvalue weighted by molar-refractivity contribution is -0.148. The van der Waals surface area contributed by atoms with Crippen molar-refractivity contribution in [3.8, 4) is 0 Å². The van der Waals surface area contributed by atoms with E-state index in [1.54, 1.807) is 0 Å². The van der Waals surface area contributed by atoms with Gasteiger partial charge in [-0.05, 0) is 38.4 Å². The Balaban J connectivity index is 0.00000288. The molecule has 2 atom stereocenters.